The monoisotopic (exact) mass is 360 g/mol. The summed E-state index contributed by atoms with van der Waals surface area (Å²) >= 11 is 0. The Labute approximate surface area is 154 Å². The maximum atomic E-state index is 10.1. The predicted molar refractivity (Wildman–Crippen MR) is 101 cm³/mol. The van der Waals surface area contributed by atoms with Crippen LogP contribution in [0, 0.1) is 0 Å². The number of nitrogens with zero attached hydrogens (tertiary/aromatic N) is 2. The fourth-order valence-corrected chi connectivity index (χ4v) is 3.13. The molecule has 0 aromatic carbocycles. The first-order valence-electron chi connectivity index (χ1n) is 10.1. The topological polar surface area (TPSA) is 65.4 Å². The molecule has 2 atom stereocenters. The SMILES string of the molecule is CCN(CCCN1CCCC1)CC(O)COCCCCOCC(C)O. The third-order valence-electron chi connectivity index (χ3n) is 4.56. The van der Waals surface area contributed by atoms with E-state index >= 15 is 0 Å². The second-order valence-corrected chi connectivity index (χ2v) is 7.16. The van der Waals surface area contributed by atoms with E-state index in [-0.39, 0.29) is 0 Å². The first-order valence-corrected chi connectivity index (χ1v) is 10.1. The first-order chi connectivity index (χ1) is 12.1. The Bertz CT molecular complexity index is 299. The van der Waals surface area contributed by atoms with Crippen molar-refractivity contribution in [1.82, 2.24) is 9.80 Å². The predicted octanol–water partition coefficient (Wildman–Crippen LogP) is 1.35. The molecule has 1 saturated heterocycles. The van der Waals surface area contributed by atoms with Gasteiger partial charge >= 0.3 is 0 Å². The first kappa shape index (κ1) is 22.8. The summed E-state index contributed by atoms with van der Waals surface area (Å²) in [6, 6.07) is 0. The lowest BCUT2D eigenvalue weighted by molar-refractivity contribution is 0.0110. The Kier molecular flexibility index (Phi) is 13.6. The van der Waals surface area contributed by atoms with Gasteiger partial charge in [-0.2, -0.15) is 0 Å². The minimum Gasteiger partial charge on any atom is -0.391 e. The van der Waals surface area contributed by atoms with Gasteiger partial charge < -0.3 is 29.5 Å². The lowest BCUT2D eigenvalue weighted by Gasteiger charge is -2.24. The van der Waals surface area contributed by atoms with Crippen LogP contribution in [0.5, 0.6) is 0 Å². The van der Waals surface area contributed by atoms with Gasteiger partial charge in [0.05, 0.1) is 25.4 Å². The third-order valence-corrected chi connectivity index (χ3v) is 4.56. The van der Waals surface area contributed by atoms with Crippen LogP contribution in [0.2, 0.25) is 0 Å². The normalized spacial score (nSPS) is 18.1. The molecule has 6 nitrogen and oxygen atoms in total. The average Bonchev–Trinajstić information content (AvgIpc) is 3.09. The zero-order valence-electron chi connectivity index (χ0n) is 16.4. The summed E-state index contributed by atoms with van der Waals surface area (Å²) in [4.78, 5) is 4.85. The van der Waals surface area contributed by atoms with Crippen LogP contribution in [0.3, 0.4) is 0 Å². The summed E-state index contributed by atoms with van der Waals surface area (Å²) in [6.07, 6.45) is 4.88. The van der Waals surface area contributed by atoms with Gasteiger partial charge in [0, 0.05) is 19.8 Å². The largest absolute Gasteiger partial charge is 0.391 e. The van der Waals surface area contributed by atoms with E-state index in [1.165, 1.54) is 38.9 Å². The van der Waals surface area contributed by atoms with Gasteiger partial charge in [-0.15, -0.1) is 0 Å². The van der Waals surface area contributed by atoms with Crippen LogP contribution in [0.15, 0.2) is 0 Å². The van der Waals surface area contributed by atoms with E-state index in [0.717, 1.165) is 25.9 Å². The molecule has 1 rings (SSSR count). The van der Waals surface area contributed by atoms with Gasteiger partial charge in [0.2, 0.25) is 0 Å². The number of hydrogen-bond donors (Lipinski definition) is 2. The summed E-state index contributed by atoms with van der Waals surface area (Å²) in [5.74, 6) is 0. The molecule has 0 aromatic heterocycles. The molecule has 0 radical (unpaired) electrons. The second kappa shape index (κ2) is 14.9. The number of likely N-dealkylation sites (tertiary alicyclic amines) is 1. The molecule has 0 aliphatic carbocycles. The molecule has 150 valence electrons. The Morgan fingerprint density at radius 1 is 1.00 bits per heavy atom. The van der Waals surface area contributed by atoms with Crippen molar-refractivity contribution in [2.75, 3.05) is 65.7 Å². The van der Waals surface area contributed by atoms with Crippen molar-refractivity contribution in [3.63, 3.8) is 0 Å². The van der Waals surface area contributed by atoms with Crippen LogP contribution >= 0.6 is 0 Å². The molecule has 2 unspecified atom stereocenters. The molecular weight excluding hydrogens is 320 g/mol. The molecule has 0 bridgehead atoms. The highest BCUT2D eigenvalue weighted by Crippen LogP contribution is 2.08. The lowest BCUT2D eigenvalue weighted by atomic mass is 10.3. The maximum Gasteiger partial charge on any atom is 0.0900 e. The van der Waals surface area contributed by atoms with E-state index in [1.54, 1.807) is 6.92 Å². The third kappa shape index (κ3) is 12.7. The average molecular weight is 361 g/mol. The van der Waals surface area contributed by atoms with Crippen LogP contribution < -0.4 is 0 Å². The summed E-state index contributed by atoms with van der Waals surface area (Å²) in [5.41, 5.74) is 0. The Hall–Kier alpha value is -0.240. The van der Waals surface area contributed by atoms with Crippen molar-refractivity contribution in [3.8, 4) is 0 Å². The molecule has 6 heteroatoms. The zero-order valence-corrected chi connectivity index (χ0v) is 16.4. The highest BCUT2D eigenvalue weighted by Gasteiger charge is 2.13. The fourth-order valence-electron chi connectivity index (χ4n) is 3.13. The van der Waals surface area contributed by atoms with E-state index in [1.807, 2.05) is 0 Å². The molecule has 2 N–H and O–H groups in total. The van der Waals surface area contributed by atoms with Crippen LogP contribution in [0.1, 0.15) is 46.0 Å². The highest BCUT2D eigenvalue weighted by atomic mass is 16.5. The van der Waals surface area contributed by atoms with Gasteiger partial charge in [-0.05, 0) is 71.8 Å². The number of likely N-dealkylation sites (N-methyl/N-ethyl adjacent to an activating group) is 1. The number of unbranched alkanes of at least 4 members (excludes halogenated alkanes) is 1. The minimum absolute atomic E-state index is 0.393. The van der Waals surface area contributed by atoms with Gasteiger partial charge in [0.15, 0.2) is 0 Å². The molecular formula is C19H40N2O4. The number of rotatable bonds is 16. The Balaban J connectivity index is 1.94. The maximum absolute atomic E-state index is 10.1. The molecule has 0 amide bonds. The van der Waals surface area contributed by atoms with E-state index in [9.17, 15) is 5.11 Å². The minimum atomic E-state index is -0.418. The van der Waals surface area contributed by atoms with E-state index in [0.29, 0.717) is 33.0 Å². The van der Waals surface area contributed by atoms with Gasteiger partial charge in [-0.1, -0.05) is 6.92 Å². The van der Waals surface area contributed by atoms with Crippen molar-refractivity contribution >= 4 is 0 Å². The van der Waals surface area contributed by atoms with Crippen molar-refractivity contribution in [3.05, 3.63) is 0 Å². The molecule has 0 spiro atoms. The van der Waals surface area contributed by atoms with Gasteiger partial charge in [-0.25, -0.2) is 0 Å². The van der Waals surface area contributed by atoms with Gasteiger partial charge in [-0.3, -0.25) is 0 Å². The van der Waals surface area contributed by atoms with Crippen molar-refractivity contribution in [2.45, 2.75) is 58.2 Å². The molecule has 1 aliphatic heterocycles. The second-order valence-electron chi connectivity index (χ2n) is 7.16. The van der Waals surface area contributed by atoms with Crippen LogP contribution in [-0.4, -0.2) is 97.9 Å². The van der Waals surface area contributed by atoms with Crippen LogP contribution in [-0.2, 0) is 9.47 Å². The molecule has 1 heterocycles. The molecule has 0 aromatic rings. The molecule has 25 heavy (non-hydrogen) atoms. The summed E-state index contributed by atoms with van der Waals surface area (Å²) < 4.78 is 10.9. The highest BCUT2D eigenvalue weighted by molar-refractivity contribution is 4.68. The number of ether oxygens (including phenoxy) is 2. The zero-order chi connectivity index (χ0) is 18.3. The Morgan fingerprint density at radius 3 is 2.24 bits per heavy atom. The van der Waals surface area contributed by atoms with E-state index < -0.39 is 12.2 Å². The van der Waals surface area contributed by atoms with Gasteiger partial charge in [0.25, 0.3) is 0 Å². The number of hydrogen-bond acceptors (Lipinski definition) is 6. The van der Waals surface area contributed by atoms with Crippen molar-refractivity contribution in [2.24, 2.45) is 0 Å². The summed E-state index contributed by atoms with van der Waals surface area (Å²) in [7, 11) is 0. The molecule has 1 aliphatic rings. The van der Waals surface area contributed by atoms with Crippen LogP contribution in [0.4, 0.5) is 0 Å². The number of aliphatic hydroxyl groups is 2. The van der Waals surface area contributed by atoms with E-state index in [2.05, 4.69) is 16.7 Å². The fraction of sp³-hybridized carbons (Fsp3) is 1.00. The summed E-state index contributed by atoms with van der Waals surface area (Å²) in [6.45, 7) is 12.4. The molecule has 0 saturated carbocycles. The molecule has 1 fully saturated rings. The van der Waals surface area contributed by atoms with Crippen molar-refractivity contribution in [1.29, 1.82) is 0 Å². The Morgan fingerprint density at radius 2 is 1.64 bits per heavy atom. The van der Waals surface area contributed by atoms with E-state index in [4.69, 9.17) is 14.6 Å². The smallest absolute Gasteiger partial charge is 0.0900 e. The summed E-state index contributed by atoms with van der Waals surface area (Å²) in [5, 5.41) is 19.2. The number of aliphatic hydroxyl groups excluding tert-OH is 2. The quantitative estimate of drug-likeness (QED) is 0.405. The van der Waals surface area contributed by atoms with Crippen molar-refractivity contribution < 1.29 is 19.7 Å². The van der Waals surface area contributed by atoms with Gasteiger partial charge in [0.1, 0.15) is 0 Å². The van der Waals surface area contributed by atoms with Crippen LogP contribution in [0.25, 0.3) is 0 Å². The standard InChI is InChI=1S/C19H40N2O4/c1-3-20(11-8-12-21-9-4-5-10-21)15-19(23)17-25-14-7-6-13-24-16-18(2)22/h18-19,22-23H,3-17H2,1-2H3. The lowest BCUT2D eigenvalue weighted by Crippen LogP contribution is -2.36.